The van der Waals surface area contributed by atoms with Gasteiger partial charge in [0.1, 0.15) is 17.9 Å². The SMILES string of the molecule is CC(C)COCCOc1cc(Cl)ccc1C(=O)O. The van der Waals surface area contributed by atoms with Crippen LogP contribution >= 0.6 is 11.6 Å². The molecule has 0 aromatic heterocycles. The number of hydrogen-bond acceptors (Lipinski definition) is 3. The molecule has 0 heterocycles. The zero-order valence-electron chi connectivity index (χ0n) is 10.5. The molecule has 1 rings (SSSR count). The summed E-state index contributed by atoms with van der Waals surface area (Å²) in [6.07, 6.45) is 0. The number of carbonyl (C=O) groups is 1. The third-order valence-electron chi connectivity index (χ3n) is 2.11. The van der Waals surface area contributed by atoms with Crippen LogP contribution in [0.1, 0.15) is 24.2 Å². The van der Waals surface area contributed by atoms with E-state index in [0.717, 1.165) is 0 Å². The fourth-order valence-corrected chi connectivity index (χ4v) is 1.48. The molecule has 0 saturated carbocycles. The molecule has 0 unspecified atom stereocenters. The fraction of sp³-hybridized carbons (Fsp3) is 0.462. The zero-order valence-corrected chi connectivity index (χ0v) is 11.2. The average Bonchev–Trinajstić information content (AvgIpc) is 2.27. The first-order chi connectivity index (χ1) is 8.50. The van der Waals surface area contributed by atoms with Crippen LogP contribution in [0.25, 0.3) is 0 Å². The average molecular weight is 273 g/mol. The molecule has 0 aliphatic rings. The molecule has 5 heteroatoms. The number of aromatic carboxylic acids is 1. The highest BCUT2D eigenvalue weighted by atomic mass is 35.5. The molecule has 1 N–H and O–H groups in total. The van der Waals surface area contributed by atoms with Crippen molar-refractivity contribution in [1.82, 2.24) is 0 Å². The molecule has 0 spiro atoms. The van der Waals surface area contributed by atoms with E-state index in [1.54, 1.807) is 0 Å². The molecule has 0 fully saturated rings. The smallest absolute Gasteiger partial charge is 0.339 e. The molecule has 0 aliphatic carbocycles. The second-order valence-electron chi connectivity index (χ2n) is 4.26. The summed E-state index contributed by atoms with van der Waals surface area (Å²) in [4.78, 5) is 11.0. The van der Waals surface area contributed by atoms with E-state index in [4.69, 9.17) is 26.2 Å². The van der Waals surface area contributed by atoms with Gasteiger partial charge in [0.15, 0.2) is 0 Å². The van der Waals surface area contributed by atoms with Gasteiger partial charge >= 0.3 is 5.97 Å². The Morgan fingerprint density at radius 3 is 2.72 bits per heavy atom. The summed E-state index contributed by atoms with van der Waals surface area (Å²) in [6, 6.07) is 4.44. The maximum Gasteiger partial charge on any atom is 0.339 e. The van der Waals surface area contributed by atoms with Crippen LogP contribution < -0.4 is 4.74 Å². The lowest BCUT2D eigenvalue weighted by Gasteiger charge is -2.10. The van der Waals surface area contributed by atoms with E-state index < -0.39 is 5.97 Å². The number of rotatable bonds is 7. The van der Waals surface area contributed by atoms with Gasteiger partial charge in [0, 0.05) is 11.6 Å². The van der Waals surface area contributed by atoms with Gasteiger partial charge in [0.2, 0.25) is 0 Å². The molecule has 18 heavy (non-hydrogen) atoms. The van der Waals surface area contributed by atoms with Crippen molar-refractivity contribution in [3.05, 3.63) is 28.8 Å². The minimum absolute atomic E-state index is 0.100. The van der Waals surface area contributed by atoms with Gasteiger partial charge < -0.3 is 14.6 Å². The predicted molar refractivity (Wildman–Crippen MR) is 69.6 cm³/mol. The maximum absolute atomic E-state index is 11.0. The minimum Gasteiger partial charge on any atom is -0.490 e. The van der Waals surface area contributed by atoms with E-state index in [1.165, 1.54) is 18.2 Å². The highest BCUT2D eigenvalue weighted by molar-refractivity contribution is 6.30. The number of carboxylic acid groups (broad SMARTS) is 1. The number of ether oxygens (including phenoxy) is 2. The normalized spacial score (nSPS) is 10.7. The van der Waals surface area contributed by atoms with E-state index in [0.29, 0.717) is 30.8 Å². The Kier molecular flexibility index (Phi) is 5.95. The molecule has 100 valence electrons. The van der Waals surface area contributed by atoms with Gasteiger partial charge in [-0.15, -0.1) is 0 Å². The van der Waals surface area contributed by atoms with Gasteiger partial charge in [-0.25, -0.2) is 4.79 Å². The van der Waals surface area contributed by atoms with Crippen molar-refractivity contribution in [2.24, 2.45) is 5.92 Å². The Morgan fingerprint density at radius 1 is 1.39 bits per heavy atom. The fourth-order valence-electron chi connectivity index (χ4n) is 1.32. The largest absolute Gasteiger partial charge is 0.490 e. The molecule has 1 aromatic carbocycles. The predicted octanol–water partition coefficient (Wildman–Crippen LogP) is 3.09. The molecule has 1 aromatic rings. The summed E-state index contributed by atoms with van der Waals surface area (Å²) in [5.41, 5.74) is 0.100. The van der Waals surface area contributed by atoms with Crippen LogP contribution in [0.4, 0.5) is 0 Å². The first-order valence-corrected chi connectivity index (χ1v) is 6.12. The van der Waals surface area contributed by atoms with E-state index in [1.807, 2.05) is 0 Å². The third kappa shape index (κ3) is 4.94. The molecular weight excluding hydrogens is 256 g/mol. The summed E-state index contributed by atoms with van der Waals surface area (Å²) in [6.45, 7) is 5.49. The van der Waals surface area contributed by atoms with Gasteiger partial charge in [-0.1, -0.05) is 25.4 Å². The van der Waals surface area contributed by atoms with Crippen molar-refractivity contribution in [2.75, 3.05) is 19.8 Å². The lowest BCUT2D eigenvalue weighted by molar-refractivity contribution is 0.0677. The van der Waals surface area contributed by atoms with Crippen molar-refractivity contribution in [2.45, 2.75) is 13.8 Å². The first kappa shape index (κ1) is 14.8. The Morgan fingerprint density at radius 2 is 2.11 bits per heavy atom. The van der Waals surface area contributed by atoms with Gasteiger partial charge in [-0.2, -0.15) is 0 Å². The van der Waals surface area contributed by atoms with E-state index in [-0.39, 0.29) is 11.3 Å². The molecule has 4 nitrogen and oxygen atoms in total. The molecule has 0 bridgehead atoms. The van der Waals surface area contributed by atoms with Gasteiger partial charge in [0.05, 0.1) is 6.61 Å². The standard InChI is InChI=1S/C13H17ClO4/c1-9(2)8-17-5-6-18-12-7-10(14)3-4-11(12)13(15)16/h3-4,7,9H,5-6,8H2,1-2H3,(H,15,16). The molecular formula is C13H17ClO4. The Hall–Kier alpha value is -1.26. The van der Waals surface area contributed by atoms with Crippen molar-refractivity contribution >= 4 is 17.6 Å². The highest BCUT2D eigenvalue weighted by Crippen LogP contribution is 2.23. The van der Waals surface area contributed by atoms with Crippen LogP contribution in [0.15, 0.2) is 18.2 Å². The van der Waals surface area contributed by atoms with Crippen LogP contribution in [0.3, 0.4) is 0 Å². The van der Waals surface area contributed by atoms with Crippen LogP contribution in [-0.4, -0.2) is 30.9 Å². The highest BCUT2D eigenvalue weighted by Gasteiger charge is 2.11. The van der Waals surface area contributed by atoms with E-state index in [2.05, 4.69) is 13.8 Å². The Labute approximate surface area is 111 Å². The van der Waals surface area contributed by atoms with E-state index >= 15 is 0 Å². The van der Waals surface area contributed by atoms with Crippen molar-refractivity contribution in [3.63, 3.8) is 0 Å². The number of hydrogen-bond donors (Lipinski definition) is 1. The summed E-state index contributed by atoms with van der Waals surface area (Å²) in [5, 5.41) is 9.42. The van der Waals surface area contributed by atoms with Crippen LogP contribution in [0.5, 0.6) is 5.75 Å². The topological polar surface area (TPSA) is 55.8 Å². The quantitative estimate of drug-likeness (QED) is 0.775. The van der Waals surface area contributed by atoms with Crippen LogP contribution in [0, 0.1) is 5.92 Å². The van der Waals surface area contributed by atoms with Crippen LogP contribution in [-0.2, 0) is 4.74 Å². The molecule has 0 aliphatic heterocycles. The number of carboxylic acids is 1. The number of halogens is 1. The van der Waals surface area contributed by atoms with Crippen LogP contribution in [0.2, 0.25) is 5.02 Å². The van der Waals surface area contributed by atoms with Crippen molar-refractivity contribution in [1.29, 1.82) is 0 Å². The van der Waals surface area contributed by atoms with Gasteiger partial charge in [-0.3, -0.25) is 0 Å². The van der Waals surface area contributed by atoms with Crippen molar-refractivity contribution < 1.29 is 19.4 Å². The first-order valence-electron chi connectivity index (χ1n) is 5.74. The summed E-state index contributed by atoms with van der Waals surface area (Å²) < 4.78 is 10.7. The Bertz CT molecular complexity index is 404. The second kappa shape index (κ2) is 7.24. The molecule has 0 amide bonds. The molecule has 0 saturated heterocycles. The lowest BCUT2D eigenvalue weighted by Crippen LogP contribution is -2.11. The van der Waals surface area contributed by atoms with Gasteiger partial charge in [-0.05, 0) is 24.1 Å². The summed E-state index contributed by atoms with van der Waals surface area (Å²) in [7, 11) is 0. The zero-order chi connectivity index (χ0) is 13.5. The van der Waals surface area contributed by atoms with Crippen molar-refractivity contribution in [3.8, 4) is 5.75 Å². The monoisotopic (exact) mass is 272 g/mol. The van der Waals surface area contributed by atoms with Gasteiger partial charge in [0.25, 0.3) is 0 Å². The maximum atomic E-state index is 11.0. The van der Waals surface area contributed by atoms with E-state index in [9.17, 15) is 4.79 Å². The third-order valence-corrected chi connectivity index (χ3v) is 2.35. The summed E-state index contributed by atoms with van der Waals surface area (Å²) >= 11 is 5.80. The summed E-state index contributed by atoms with van der Waals surface area (Å²) in [5.74, 6) is -0.307. The number of benzene rings is 1. The lowest BCUT2D eigenvalue weighted by atomic mass is 10.2. The minimum atomic E-state index is -1.04. The molecule has 0 radical (unpaired) electrons. The second-order valence-corrected chi connectivity index (χ2v) is 4.70. The molecule has 0 atom stereocenters. The Balaban J connectivity index is 2.50.